The minimum absolute atomic E-state index is 0.475. The van der Waals surface area contributed by atoms with Gasteiger partial charge in [0, 0.05) is 5.56 Å². The van der Waals surface area contributed by atoms with Gasteiger partial charge in [0.2, 0.25) is 0 Å². The minimum atomic E-state index is -1.40. The van der Waals surface area contributed by atoms with Gasteiger partial charge in [-0.15, -0.1) is 0 Å². The molecule has 1 heterocycles. The van der Waals surface area contributed by atoms with Crippen molar-refractivity contribution in [1.29, 1.82) is 0 Å². The Morgan fingerprint density at radius 2 is 2.18 bits per heavy atom. The molecular formula is C7H7BO3. The Balaban J connectivity index is 2.38. The number of benzene rings is 1. The van der Waals surface area contributed by atoms with Crippen molar-refractivity contribution in [2.75, 3.05) is 0 Å². The predicted octanol–water partition coefficient (Wildman–Crippen LogP) is -0.741. The van der Waals surface area contributed by atoms with Crippen LogP contribution < -0.4 is 10.2 Å². The van der Waals surface area contributed by atoms with E-state index >= 15 is 0 Å². The van der Waals surface area contributed by atoms with Crippen molar-refractivity contribution in [2.45, 2.75) is 6.61 Å². The third-order valence-corrected chi connectivity index (χ3v) is 1.77. The van der Waals surface area contributed by atoms with Crippen LogP contribution in [0.5, 0.6) is 5.75 Å². The fourth-order valence-corrected chi connectivity index (χ4v) is 1.06. The molecule has 0 amide bonds. The summed E-state index contributed by atoms with van der Waals surface area (Å²) in [6.07, 6.45) is 0. The second kappa shape index (κ2) is 2.25. The van der Waals surface area contributed by atoms with Crippen molar-refractivity contribution in [3.63, 3.8) is 0 Å². The fraction of sp³-hybridized carbons (Fsp3) is 0.143. The van der Waals surface area contributed by atoms with E-state index in [-0.39, 0.29) is 0 Å². The third-order valence-electron chi connectivity index (χ3n) is 1.77. The minimum Gasteiger partial charge on any atom is -0.488 e. The normalized spacial score (nSPS) is 12.9. The number of hydrogen-bond donors (Lipinski definition) is 2. The molecule has 3 nitrogen and oxygen atoms in total. The van der Waals surface area contributed by atoms with E-state index in [1.807, 2.05) is 6.07 Å². The van der Waals surface area contributed by atoms with Gasteiger partial charge in [-0.3, -0.25) is 0 Å². The van der Waals surface area contributed by atoms with Crippen molar-refractivity contribution in [1.82, 2.24) is 0 Å². The van der Waals surface area contributed by atoms with Gasteiger partial charge in [-0.25, -0.2) is 0 Å². The second-order valence-corrected chi connectivity index (χ2v) is 2.53. The lowest BCUT2D eigenvalue weighted by Crippen LogP contribution is -2.30. The standard InChI is InChI=1S/C7H7BO3/c9-8(10)6-2-1-5-4-11-7(5)3-6/h1-3,9-10H,4H2. The molecule has 2 N–H and O–H groups in total. The molecule has 0 spiro atoms. The van der Waals surface area contributed by atoms with Gasteiger partial charge in [-0.1, -0.05) is 12.1 Å². The molecular weight excluding hydrogens is 143 g/mol. The van der Waals surface area contributed by atoms with Crippen LogP contribution in [0.15, 0.2) is 18.2 Å². The largest absolute Gasteiger partial charge is 0.488 e. The number of hydrogen-bond acceptors (Lipinski definition) is 3. The van der Waals surface area contributed by atoms with Gasteiger partial charge in [0.25, 0.3) is 0 Å². The molecule has 0 fully saturated rings. The molecule has 11 heavy (non-hydrogen) atoms. The lowest BCUT2D eigenvalue weighted by Gasteiger charge is -2.20. The highest BCUT2D eigenvalue weighted by molar-refractivity contribution is 6.58. The highest BCUT2D eigenvalue weighted by Gasteiger charge is 2.18. The summed E-state index contributed by atoms with van der Waals surface area (Å²) in [5.41, 5.74) is 1.60. The monoisotopic (exact) mass is 150 g/mol. The summed E-state index contributed by atoms with van der Waals surface area (Å²) in [4.78, 5) is 0. The first-order valence-electron chi connectivity index (χ1n) is 3.39. The maximum atomic E-state index is 8.76. The van der Waals surface area contributed by atoms with Crippen LogP contribution in [0.25, 0.3) is 0 Å². The van der Waals surface area contributed by atoms with E-state index in [0.717, 1.165) is 11.3 Å². The van der Waals surface area contributed by atoms with Gasteiger partial charge >= 0.3 is 7.12 Å². The van der Waals surface area contributed by atoms with Crippen LogP contribution >= 0.6 is 0 Å². The highest BCUT2D eigenvalue weighted by Crippen LogP contribution is 2.26. The highest BCUT2D eigenvalue weighted by atomic mass is 16.5. The van der Waals surface area contributed by atoms with Crippen LogP contribution in [0.4, 0.5) is 0 Å². The smallest absolute Gasteiger partial charge is 0.488 e. The lowest BCUT2D eigenvalue weighted by atomic mass is 9.79. The van der Waals surface area contributed by atoms with Crippen LogP contribution in [0.2, 0.25) is 0 Å². The van der Waals surface area contributed by atoms with Crippen molar-refractivity contribution in [3.05, 3.63) is 23.8 Å². The van der Waals surface area contributed by atoms with Crippen LogP contribution in [-0.2, 0) is 6.61 Å². The van der Waals surface area contributed by atoms with Crippen LogP contribution in [0, 0.1) is 0 Å². The molecule has 4 heteroatoms. The van der Waals surface area contributed by atoms with Gasteiger partial charge in [0.15, 0.2) is 0 Å². The molecule has 56 valence electrons. The molecule has 0 saturated heterocycles. The maximum Gasteiger partial charge on any atom is 0.488 e. The van der Waals surface area contributed by atoms with Gasteiger partial charge in [0.1, 0.15) is 12.4 Å². The second-order valence-electron chi connectivity index (χ2n) is 2.53. The van der Waals surface area contributed by atoms with Crippen molar-refractivity contribution >= 4 is 12.6 Å². The average Bonchev–Trinajstić information content (AvgIpc) is 1.91. The zero-order chi connectivity index (χ0) is 7.84. The van der Waals surface area contributed by atoms with E-state index in [2.05, 4.69) is 0 Å². The van der Waals surface area contributed by atoms with Gasteiger partial charge in [0.05, 0.1) is 0 Å². The molecule has 0 bridgehead atoms. The molecule has 0 saturated carbocycles. The van der Waals surface area contributed by atoms with Gasteiger partial charge in [-0.2, -0.15) is 0 Å². The number of ether oxygens (including phenoxy) is 1. The van der Waals surface area contributed by atoms with Gasteiger partial charge < -0.3 is 14.8 Å². The number of rotatable bonds is 1. The fourth-order valence-electron chi connectivity index (χ4n) is 1.06. The Hall–Kier alpha value is -0.995. The Morgan fingerprint density at radius 3 is 2.64 bits per heavy atom. The Bertz CT molecular complexity index is 285. The predicted molar refractivity (Wildman–Crippen MR) is 40.6 cm³/mol. The van der Waals surface area contributed by atoms with E-state index in [4.69, 9.17) is 14.8 Å². The molecule has 0 radical (unpaired) electrons. The quantitative estimate of drug-likeness (QED) is 0.518. The zero-order valence-corrected chi connectivity index (χ0v) is 5.82. The molecule has 0 aromatic heterocycles. The van der Waals surface area contributed by atoms with E-state index < -0.39 is 7.12 Å². The van der Waals surface area contributed by atoms with E-state index in [9.17, 15) is 0 Å². The van der Waals surface area contributed by atoms with Crippen molar-refractivity contribution < 1.29 is 14.8 Å². The Labute approximate surface area is 64.4 Å². The first-order valence-corrected chi connectivity index (χ1v) is 3.39. The maximum absolute atomic E-state index is 8.76. The summed E-state index contributed by atoms with van der Waals surface area (Å²) in [6, 6.07) is 5.17. The molecule has 0 atom stereocenters. The van der Waals surface area contributed by atoms with Crippen molar-refractivity contribution in [3.8, 4) is 5.75 Å². The zero-order valence-electron chi connectivity index (χ0n) is 5.82. The topological polar surface area (TPSA) is 49.7 Å². The van der Waals surface area contributed by atoms with Crippen molar-refractivity contribution in [2.24, 2.45) is 0 Å². The third kappa shape index (κ3) is 1.00. The summed E-state index contributed by atoms with van der Waals surface area (Å²) in [7, 11) is -1.40. The summed E-state index contributed by atoms with van der Waals surface area (Å²) in [5, 5.41) is 17.5. The van der Waals surface area contributed by atoms with E-state index in [1.54, 1.807) is 12.1 Å². The SMILES string of the molecule is OB(O)c1ccc2c(c1)OC2. The van der Waals surface area contributed by atoms with E-state index in [1.165, 1.54) is 0 Å². The average molecular weight is 150 g/mol. The van der Waals surface area contributed by atoms with Crippen LogP contribution in [0.1, 0.15) is 5.56 Å². The number of fused-ring (bicyclic) bond motifs is 1. The first-order chi connectivity index (χ1) is 5.27. The molecule has 2 rings (SSSR count). The first kappa shape index (κ1) is 6.70. The van der Waals surface area contributed by atoms with Crippen LogP contribution in [-0.4, -0.2) is 17.2 Å². The Morgan fingerprint density at radius 1 is 1.36 bits per heavy atom. The molecule has 1 aliphatic heterocycles. The van der Waals surface area contributed by atoms with E-state index in [0.29, 0.717) is 12.1 Å². The Kier molecular flexibility index (Phi) is 1.37. The molecule has 0 aliphatic carbocycles. The summed E-state index contributed by atoms with van der Waals surface area (Å²) in [5.74, 6) is 0.760. The molecule has 0 unspecified atom stereocenters. The van der Waals surface area contributed by atoms with Gasteiger partial charge in [-0.05, 0) is 11.5 Å². The summed E-state index contributed by atoms with van der Waals surface area (Å²) in [6.45, 7) is 0.636. The molecule has 1 aromatic rings. The molecule has 1 aromatic carbocycles. The molecule has 1 aliphatic rings. The summed E-state index contributed by atoms with van der Waals surface area (Å²) < 4.78 is 5.04. The summed E-state index contributed by atoms with van der Waals surface area (Å²) >= 11 is 0. The van der Waals surface area contributed by atoms with Crippen LogP contribution in [0.3, 0.4) is 0 Å². The lowest BCUT2D eigenvalue weighted by molar-refractivity contribution is 0.243.